The van der Waals surface area contributed by atoms with Gasteiger partial charge in [-0.1, -0.05) is 25.7 Å². The molecule has 2 N–H and O–H groups in total. The highest BCUT2D eigenvalue weighted by atomic mass is 16.6. The predicted molar refractivity (Wildman–Crippen MR) is 87.3 cm³/mol. The molecule has 0 saturated heterocycles. The van der Waals surface area contributed by atoms with Crippen molar-refractivity contribution in [2.24, 2.45) is 0 Å². The molecule has 22 heavy (non-hydrogen) atoms. The average molecular weight is 309 g/mol. The predicted octanol–water partition coefficient (Wildman–Crippen LogP) is 2.84. The zero-order valence-corrected chi connectivity index (χ0v) is 13.6. The van der Waals surface area contributed by atoms with Crippen LogP contribution < -0.4 is 10.6 Å². The van der Waals surface area contributed by atoms with Crippen molar-refractivity contribution in [2.45, 2.75) is 65.0 Å². The van der Waals surface area contributed by atoms with Crippen molar-refractivity contribution in [2.75, 3.05) is 18.4 Å². The largest absolute Gasteiger partial charge is 0.363 e. The summed E-state index contributed by atoms with van der Waals surface area (Å²) < 4.78 is 1.67. The van der Waals surface area contributed by atoms with E-state index >= 15 is 0 Å². The van der Waals surface area contributed by atoms with Crippen LogP contribution in [0.15, 0.2) is 0 Å². The number of hydrogen-bond acceptors (Lipinski definition) is 5. The van der Waals surface area contributed by atoms with Gasteiger partial charge in [-0.15, -0.1) is 0 Å². The first-order chi connectivity index (χ1) is 10.6. The van der Waals surface area contributed by atoms with Crippen LogP contribution in [0, 0.1) is 17.0 Å². The van der Waals surface area contributed by atoms with E-state index in [1.54, 1.807) is 11.6 Å². The van der Waals surface area contributed by atoms with Gasteiger partial charge >= 0.3 is 5.69 Å². The van der Waals surface area contributed by atoms with Crippen LogP contribution >= 0.6 is 0 Å². The van der Waals surface area contributed by atoms with Gasteiger partial charge in [0.1, 0.15) is 5.69 Å². The highest BCUT2D eigenvalue weighted by Crippen LogP contribution is 2.27. The van der Waals surface area contributed by atoms with Gasteiger partial charge in [0, 0.05) is 25.7 Å². The van der Waals surface area contributed by atoms with E-state index in [0.29, 0.717) is 30.6 Å². The second-order valence-corrected chi connectivity index (χ2v) is 5.92. The molecular weight excluding hydrogens is 282 g/mol. The maximum atomic E-state index is 11.2. The number of nitro groups is 1. The fourth-order valence-corrected chi connectivity index (χ4v) is 3.14. The Hall–Kier alpha value is -1.63. The third kappa shape index (κ3) is 4.19. The number of anilines is 1. The maximum absolute atomic E-state index is 11.2. The summed E-state index contributed by atoms with van der Waals surface area (Å²) in [5, 5.41) is 22.2. The number of hydrogen-bond donors (Lipinski definition) is 2. The first-order valence-corrected chi connectivity index (χ1v) is 8.32. The molecule has 0 radical (unpaired) electrons. The van der Waals surface area contributed by atoms with Gasteiger partial charge in [0.2, 0.25) is 5.82 Å². The first-order valence-electron chi connectivity index (χ1n) is 8.32. The highest BCUT2D eigenvalue weighted by molar-refractivity contribution is 5.59. The van der Waals surface area contributed by atoms with Gasteiger partial charge in [-0.2, -0.15) is 5.10 Å². The molecule has 0 unspecified atom stereocenters. The van der Waals surface area contributed by atoms with Crippen molar-refractivity contribution < 1.29 is 4.92 Å². The van der Waals surface area contributed by atoms with Crippen molar-refractivity contribution in [1.82, 2.24) is 15.1 Å². The smallest absolute Gasteiger partial charge is 0.333 e. The van der Waals surface area contributed by atoms with E-state index in [4.69, 9.17) is 0 Å². The molecule has 1 heterocycles. The van der Waals surface area contributed by atoms with Gasteiger partial charge in [0.15, 0.2) is 0 Å². The van der Waals surface area contributed by atoms with Gasteiger partial charge in [-0.25, -0.2) is 4.68 Å². The molecule has 0 atom stereocenters. The van der Waals surface area contributed by atoms with Crippen LogP contribution in [-0.4, -0.2) is 33.8 Å². The van der Waals surface area contributed by atoms with E-state index in [1.807, 2.05) is 6.92 Å². The zero-order chi connectivity index (χ0) is 15.9. The van der Waals surface area contributed by atoms with E-state index in [9.17, 15) is 10.1 Å². The highest BCUT2D eigenvalue weighted by Gasteiger charge is 2.24. The SMILES string of the molecule is CCn1nc(C)c([N+](=O)[O-])c1NCCNC1CCCCCC1. The number of nitrogens with one attached hydrogen (secondary N) is 2. The first kappa shape index (κ1) is 16.7. The summed E-state index contributed by atoms with van der Waals surface area (Å²) in [6, 6.07) is 0.595. The van der Waals surface area contributed by atoms with Crippen LogP contribution in [0.1, 0.15) is 51.1 Å². The Morgan fingerprint density at radius 3 is 2.55 bits per heavy atom. The fourth-order valence-electron chi connectivity index (χ4n) is 3.14. The Balaban J connectivity index is 1.87. The number of aromatic nitrogens is 2. The Bertz CT molecular complexity index is 492. The van der Waals surface area contributed by atoms with Crippen LogP contribution in [0.2, 0.25) is 0 Å². The second kappa shape index (κ2) is 8.12. The van der Waals surface area contributed by atoms with Crippen LogP contribution in [0.3, 0.4) is 0 Å². The lowest BCUT2D eigenvalue weighted by atomic mass is 10.1. The molecule has 0 aromatic carbocycles. The van der Waals surface area contributed by atoms with Crippen LogP contribution in [0.4, 0.5) is 11.5 Å². The molecule has 1 saturated carbocycles. The molecule has 1 fully saturated rings. The van der Waals surface area contributed by atoms with Crippen LogP contribution in [-0.2, 0) is 6.54 Å². The van der Waals surface area contributed by atoms with E-state index in [2.05, 4.69) is 15.7 Å². The van der Waals surface area contributed by atoms with Crippen molar-refractivity contribution in [3.05, 3.63) is 15.8 Å². The number of aryl methyl sites for hydroxylation is 2. The van der Waals surface area contributed by atoms with Crippen molar-refractivity contribution in [3.63, 3.8) is 0 Å². The normalized spacial score (nSPS) is 16.5. The minimum atomic E-state index is -0.352. The molecule has 1 aromatic rings. The lowest BCUT2D eigenvalue weighted by Crippen LogP contribution is -2.32. The van der Waals surface area contributed by atoms with Crippen molar-refractivity contribution in [3.8, 4) is 0 Å². The molecule has 2 rings (SSSR count). The van der Waals surface area contributed by atoms with Crippen molar-refractivity contribution >= 4 is 11.5 Å². The van der Waals surface area contributed by atoms with Gasteiger partial charge in [-0.3, -0.25) is 10.1 Å². The number of nitrogens with zero attached hydrogens (tertiary/aromatic N) is 3. The van der Waals surface area contributed by atoms with Crippen molar-refractivity contribution in [1.29, 1.82) is 0 Å². The van der Waals surface area contributed by atoms with Gasteiger partial charge < -0.3 is 10.6 Å². The molecule has 0 bridgehead atoms. The Labute approximate surface area is 131 Å². The Kier molecular flexibility index (Phi) is 6.18. The molecule has 1 aliphatic carbocycles. The van der Waals surface area contributed by atoms with E-state index in [-0.39, 0.29) is 10.6 Å². The Morgan fingerprint density at radius 1 is 1.27 bits per heavy atom. The lowest BCUT2D eigenvalue weighted by Gasteiger charge is -2.16. The summed E-state index contributed by atoms with van der Waals surface area (Å²) in [7, 11) is 0. The third-order valence-electron chi connectivity index (χ3n) is 4.28. The lowest BCUT2D eigenvalue weighted by molar-refractivity contribution is -0.384. The maximum Gasteiger partial charge on any atom is 0.333 e. The van der Waals surface area contributed by atoms with Gasteiger partial charge in [0.05, 0.1) is 4.92 Å². The standard InChI is InChI=1S/C15H27N5O2/c1-3-19-15(14(20(21)22)12(2)18-19)17-11-10-16-13-8-6-4-5-7-9-13/h13,16-17H,3-11H2,1-2H3. The van der Waals surface area contributed by atoms with Gasteiger partial charge in [0.25, 0.3) is 0 Å². The number of rotatable bonds is 7. The molecule has 0 amide bonds. The second-order valence-electron chi connectivity index (χ2n) is 5.92. The summed E-state index contributed by atoms with van der Waals surface area (Å²) in [6.07, 6.45) is 7.78. The van der Waals surface area contributed by atoms with Crippen LogP contribution in [0.25, 0.3) is 0 Å². The summed E-state index contributed by atoms with van der Waals surface area (Å²) in [5.74, 6) is 0.521. The molecule has 1 aliphatic rings. The molecule has 7 nitrogen and oxygen atoms in total. The summed E-state index contributed by atoms with van der Waals surface area (Å²) >= 11 is 0. The molecule has 124 valence electrons. The molecule has 0 spiro atoms. The Morgan fingerprint density at radius 2 is 1.95 bits per heavy atom. The third-order valence-corrected chi connectivity index (χ3v) is 4.28. The molecule has 1 aromatic heterocycles. The van der Waals surface area contributed by atoms with E-state index in [1.165, 1.54) is 38.5 Å². The summed E-state index contributed by atoms with van der Waals surface area (Å²) in [4.78, 5) is 10.8. The topological polar surface area (TPSA) is 85.0 Å². The molecular formula is C15H27N5O2. The van der Waals surface area contributed by atoms with Crippen LogP contribution in [0.5, 0.6) is 0 Å². The quantitative estimate of drug-likeness (QED) is 0.350. The summed E-state index contributed by atoms with van der Waals surface area (Å²) in [5.41, 5.74) is 0.558. The monoisotopic (exact) mass is 309 g/mol. The molecule has 0 aliphatic heterocycles. The average Bonchev–Trinajstić information content (AvgIpc) is 2.65. The van der Waals surface area contributed by atoms with E-state index < -0.39 is 0 Å². The van der Waals surface area contributed by atoms with Gasteiger partial charge in [-0.05, 0) is 26.7 Å². The zero-order valence-electron chi connectivity index (χ0n) is 13.6. The summed E-state index contributed by atoms with van der Waals surface area (Å²) in [6.45, 7) is 5.72. The molecule has 7 heteroatoms. The minimum absolute atomic E-state index is 0.0938. The van der Waals surface area contributed by atoms with E-state index in [0.717, 1.165) is 6.54 Å². The minimum Gasteiger partial charge on any atom is -0.363 e. The fraction of sp³-hybridized carbons (Fsp3) is 0.800.